The topological polar surface area (TPSA) is 70.1 Å². The molecular weight excluding hydrogens is 368 g/mol. The zero-order valence-electron chi connectivity index (χ0n) is 16.0. The van der Waals surface area contributed by atoms with Crippen LogP contribution < -0.4 is 9.47 Å². The molecule has 0 atom stereocenters. The highest BCUT2D eigenvalue weighted by Crippen LogP contribution is 2.19. The molecule has 0 bridgehead atoms. The van der Waals surface area contributed by atoms with E-state index in [1.807, 2.05) is 29.6 Å². The van der Waals surface area contributed by atoms with E-state index in [0.717, 1.165) is 28.6 Å². The van der Waals surface area contributed by atoms with Gasteiger partial charge in [-0.3, -0.25) is 4.79 Å². The smallest absolute Gasteiger partial charge is 0.248 e. The molecule has 0 aliphatic heterocycles. The molecule has 2 rings (SSSR count). The van der Waals surface area contributed by atoms with Gasteiger partial charge < -0.3 is 23.8 Å². The van der Waals surface area contributed by atoms with Gasteiger partial charge in [-0.2, -0.15) is 0 Å². The third kappa shape index (κ3) is 7.16. The Labute approximate surface area is 163 Å². The number of hydrogen-bond acceptors (Lipinski definition) is 7. The molecule has 0 fully saturated rings. The van der Waals surface area contributed by atoms with Crippen LogP contribution in [0, 0.1) is 0 Å². The fourth-order valence-electron chi connectivity index (χ4n) is 2.41. The number of benzene rings is 1. The minimum Gasteiger partial charge on any atom is -0.497 e. The number of rotatable bonds is 12. The van der Waals surface area contributed by atoms with Crippen molar-refractivity contribution in [3.05, 3.63) is 40.3 Å². The van der Waals surface area contributed by atoms with Crippen molar-refractivity contribution in [2.75, 3.05) is 41.1 Å². The lowest BCUT2D eigenvalue weighted by molar-refractivity contribution is -0.136. The zero-order chi connectivity index (χ0) is 19.5. The van der Waals surface area contributed by atoms with Crippen LogP contribution in [0.2, 0.25) is 0 Å². The van der Waals surface area contributed by atoms with Crippen molar-refractivity contribution >= 4 is 17.2 Å². The molecule has 1 heterocycles. The van der Waals surface area contributed by atoms with Crippen LogP contribution in [0.3, 0.4) is 0 Å². The van der Waals surface area contributed by atoms with Crippen LogP contribution >= 0.6 is 11.3 Å². The molecule has 7 nitrogen and oxygen atoms in total. The van der Waals surface area contributed by atoms with Crippen LogP contribution in [-0.4, -0.2) is 56.9 Å². The van der Waals surface area contributed by atoms with E-state index in [1.54, 1.807) is 19.1 Å². The number of hydrogen-bond donors (Lipinski definition) is 0. The van der Waals surface area contributed by atoms with Gasteiger partial charge in [-0.05, 0) is 30.7 Å². The van der Waals surface area contributed by atoms with E-state index in [-0.39, 0.29) is 12.5 Å². The molecular formula is C19H26N2O5S. The fourth-order valence-corrected chi connectivity index (χ4v) is 3.10. The van der Waals surface area contributed by atoms with Crippen molar-refractivity contribution < 1.29 is 23.7 Å². The van der Waals surface area contributed by atoms with Gasteiger partial charge in [0.25, 0.3) is 0 Å². The predicted molar refractivity (Wildman–Crippen MR) is 103 cm³/mol. The molecule has 0 spiro atoms. The van der Waals surface area contributed by atoms with E-state index >= 15 is 0 Å². The first-order chi connectivity index (χ1) is 13.2. The minimum atomic E-state index is -0.0577. The summed E-state index contributed by atoms with van der Waals surface area (Å²) in [6, 6.07) is 7.41. The Morgan fingerprint density at radius 3 is 2.52 bits per heavy atom. The lowest BCUT2D eigenvalue weighted by Gasteiger charge is -2.21. The monoisotopic (exact) mass is 394 g/mol. The van der Waals surface area contributed by atoms with Gasteiger partial charge in [0, 0.05) is 32.8 Å². The quantitative estimate of drug-likeness (QED) is 0.516. The predicted octanol–water partition coefficient (Wildman–Crippen LogP) is 2.74. The van der Waals surface area contributed by atoms with Gasteiger partial charge in [-0.25, -0.2) is 4.98 Å². The van der Waals surface area contributed by atoms with Gasteiger partial charge in [-0.1, -0.05) is 0 Å². The lowest BCUT2D eigenvalue weighted by Crippen LogP contribution is -2.34. The molecule has 0 radical (unpaired) electrons. The summed E-state index contributed by atoms with van der Waals surface area (Å²) in [4.78, 5) is 18.5. The maximum absolute atomic E-state index is 12.2. The van der Waals surface area contributed by atoms with Crippen molar-refractivity contribution in [3.8, 4) is 11.5 Å². The van der Waals surface area contributed by atoms with E-state index in [0.29, 0.717) is 26.3 Å². The summed E-state index contributed by atoms with van der Waals surface area (Å²) in [7, 11) is 4.79. The third-order valence-corrected chi connectivity index (χ3v) is 4.64. The van der Waals surface area contributed by atoms with Crippen molar-refractivity contribution in [1.29, 1.82) is 0 Å². The Bertz CT molecular complexity index is 690. The van der Waals surface area contributed by atoms with E-state index in [9.17, 15) is 4.79 Å². The molecule has 0 saturated carbocycles. The number of thiazole rings is 1. The summed E-state index contributed by atoms with van der Waals surface area (Å²) in [5, 5.41) is 2.81. The minimum absolute atomic E-state index is 0.0577. The van der Waals surface area contributed by atoms with Crippen molar-refractivity contribution in [3.63, 3.8) is 0 Å². The molecule has 0 saturated heterocycles. The van der Waals surface area contributed by atoms with Gasteiger partial charge in [0.15, 0.2) is 0 Å². The van der Waals surface area contributed by atoms with E-state index in [4.69, 9.17) is 18.9 Å². The number of ether oxygens (including phenoxy) is 4. The summed E-state index contributed by atoms with van der Waals surface area (Å²) in [6.45, 7) is 2.10. The maximum atomic E-state index is 12.2. The van der Waals surface area contributed by atoms with Gasteiger partial charge in [-0.15, -0.1) is 11.3 Å². The fraction of sp³-hybridized carbons (Fsp3) is 0.474. The first-order valence-corrected chi connectivity index (χ1v) is 9.50. The second-order valence-electron chi connectivity index (χ2n) is 5.79. The van der Waals surface area contributed by atoms with Crippen LogP contribution in [0.25, 0.3) is 0 Å². The van der Waals surface area contributed by atoms with Crippen LogP contribution in [0.5, 0.6) is 11.5 Å². The standard InChI is InChI=1S/C19H26N2O5S/c1-23-10-4-9-21(19(22)13-24-2)11-15-14-27-18(20-15)12-26-17-7-5-16(25-3)6-8-17/h5-8,14H,4,9-13H2,1-3H3. The third-order valence-electron chi connectivity index (χ3n) is 3.77. The number of carbonyl (C=O) groups is 1. The number of amides is 1. The van der Waals surface area contributed by atoms with Crippen LogP contribution in [0.1, 0.15) is 17.1 Å². The van der Waals surface area contributed by atoms with Gasteiger partial charge in [0.1, 0.15) is 29.7 Å². The van der Waals surface area contributed by atoms with Crippen molar-refractivity contribution in [1.82, 2.24) is 9.88 Å². The molecule has 0 unspecified atom stereocenters. The van der Waals surface area contributed by atoms with Crippen LogP contribution in [-0.2, 0) is 27.4 Å². The van der Waals surface area contributed by atoms with Crippen LogP contribution in [0.4, 0.5) is 0 Å². The average Bonchev–Trinajstić information content (AvgIpc) is 3.14. The molecule has 0 aliphatic rings. The Kier molecular flexibility index (Phi) is 9.03. The van der Waals surface area contributed by atoms with E-state index < -0.39 is 0 Å². The Balaban J connectivity index is 1.90. The van der Waals surface area contributed by atoms with Crippen LogP contribution in [0.15, 0.2) is 29.6 Å². The van der Waals surface area contributed by atoms with Gasteiger partial charge >= 0.3 is 0 Å². The molecule has 148 valence electrons. The molecule has 0 N–H and O–H groups in total. The summed E-state index contributed by atoms with van der Waals surface area (Å²) in [5.41, 5.74) is 0.843. The van der Waals surface area contributed by atoms with Gasteiger partial charge in [0.2, 0.25) is 5.91 Å². The first-order valence-electron chi connectivity index (χ1n) is 8.62. The molecule has 1 amide bonds. The highest BCUT2D eigenvalue weighted by atomic mass is 32.1. The van der Waals surface area contributed by atoms with Crippen molar-refractivity contribution in [2.45, 2.75) is 19.6 Å². The summed E-state index contributed by atoms with van der Waals surface area (Å²) >= 11 is 1.52. The molecule has 27 heavy (non-hydrogen) atoms. The molecule has 0 aliphatic carbocycles. The highest BCUT2D eigenvalue weighted by molar-refractivity contribution is 7.09. The molecule has 2 aromatic rings. The Morgan fingerprint density at radius 1 is 1.11 bits per heavy atom. The molecule has 8 heteroatoms. The second-order valence-corrected chi connectivity index (χ2v) is 6.73. The number of nitrogens with zero attached hydrogens (tertiary/aromatic N) is 2. The molecule has 1 aromatic heterocycles. The Morgan fingerprint density at radius 2 is 1.85 bits per heavy atom. The number of carbonyl (C=O) groups excluding carboxylic acids is 1. The maximum Gasteiger partial charge on any atom is 0.248 e. The van der Waals surface area contributed by atoms with Gasteiger partial charge in [0.05, 0.1) is 19.3 Å². The zero-order valence-corrected chi connectivity index (χ0v) is 16.8. The summed E-state index contributed by atoms with van der Waals surface area (Å²) in [5.74, 6) is 1.48. The summed E-state index contributed by atoms with van der Waals surface area (Å²) < 4.78 is 20.9. The first kappa shape index (κ1) is 21.1. The number of methoxy groups -OCH3 is 3. The van der Waals surface area contributed by atoms with Crippen molar-refractivity contribution in [2.24, 2.45) is 0 Å². The number of aromatic nitrogens is 1. The Hall–Kier alpha value is -2.16. The normalized spacial score (nSPS) is 10.6. The summed E-state index contributed by atoms with van der Waals surface area (Å²) in [6.07, 6.45) is 0.767. The second kappa shape index (κ2) is 11.5. The average molecular weight is 394 g/mol. The van der Waals surface area contributed by atoms with E-state index in [1.165, 1.54) is 18.4 Å². The lowest BCUT2D eigenvalue weighted by atomic mass is 10.3. The SMILES string of the molecule is COCCCN(Cc1csc(COc2ccc(OC)cc2)n1)C(=O)COC. The highest BCUT2D eigenvalue weighted by Gasteiger charge is 2.15. The van der Waals surface area contributed by atoms with E-state index in [2.05, 4.69) is 4.98 Å². The molecule has 1 aromatic carbocycles. The largest absolute Gasteiger partial charge is 0.497 e.